The van der Waals surface area contributed by atoms with Gasteiger partial charge in [-0.15, -0.1) is 0 Å². The molecule has 17 heavy (non-hydrogen) atoms. The van der Waals surface area contributed by atoms with Crippen LogP contribution >= 0.6 is 23.2 Å². The standard InChI is InChI=1S/C12H8Cl2N2O/c13-9-6-10(14)11(15-7-9)16-12(17)8-4-2-1-3-5-8/h1-7H,(H,15,16,17). The molecule has 0 aliphatic carbocycles. The van der Waals surface area contributed by atoms with E-state index >= 15 is 0 Å². The lowest BCUT2D eigenvalue weighted by Crippen LogP contribution is -2.13. The third kappa shape index (κ3) is 2.96. The molecule has 0 saturated heterocycles. The number of nitrogens with zero attached hydrogens (tertiary/aromatic N) is 1. The van der Waals surface area contributed by atoms with Gasteiger partial charge in [0, 0.05) is 11.8 Å². The number of hydrogen-bond donors (Lipinski definition) is 1. The third-order valence-corrected chi connectivity index (χ3v) is 2.57. The first-order valence-corrected chi connectivity index (χ1v) is 5.60. The molecule has 5 heteroatoms. The van der Waals surface area contributed by atoms with Crippen LogP contribution in [0.3, 0.4) is 0 Å². The summed E-state index contributed by atoms with van der Waals surface area (Å²) in [5.41, 5.74) is 0.542. The minimum atomic E-state index is -0.262. The number of rotatable bonds is 2. The van der Waals surface area contributed by atoms with E-state index < -0.39 is 0 Å². The Morgan fingerprint density at radius 2 is 1.88 bits per heavy atom. The number of hydrogen-bond acceptors (Lipinski definition) is 2. The molecule has 3 nitrogen and oxygen atoms in total. The quantitative estimate of drug-likeness (QED) is 0.902. The Morgan fingerprint density at radius 3 is 2.53 bits per heavy atom. The molecule has 0 unspecified atom stereocenters. The summed E-state index contributed by atoms with van der Waals surface area (Å²) in [5.74, 6) is 0.0345. The van der Waals surface area contributed by atoms with Crippen LogP contribution in [-0.2, 0) is 0 Å². The van der Waals surface area contributed by atoms with Gasteiger partial charge in [-0.05, 0) is 18.2 Å². The SMILES string of the molecule is O=C(Nc1ncc(Cl)cc1Cl)c1ccccc1. The van der Waals surface area contributed by atoms with Crippen molar-refractivity contribution in [1.29, 1.82) is 0 Å². The monoisotopic (exact) mass is 266 g/mol. The Morgan fingerprint density at radius 1 is 1.18 bits per heavy atom. The van der Waals surface area contributed by atoms with E-state index in [9.17, 15) is 4.79 Å². The van der Waals surface area contributed by atoms with Crippen LogP contribution in [0.1, 0.15) is 10.4 Å². The topological polar surface area (TPSA) is 42.0 Å². The molecule has 0 aliphatic rings. The van der Waals surface area contributed by atoms with Crippen molar-refractivity contribution in [2.75, 3.05) is 5.32 Å². The molecule has 0 aliphatic heterocycles. The highest BCUT2D eigenvalue weighted by atomic mass is 35.5. The smallest absolute Gasteiger partial charge is 0.256 e. The molecular formula is C12H8Cl2N2O. The van der Waals surface area contributed by atoms with Crippen LogP contribution in [0.4, 0.5) is 5.82 Å². The molecule has 1 aromatic heterocycles. The van der Waals surface area contributed by atoms with Gasteiger partial charge >= 0.3 is 0 Å². The van der Waals surface area contributed by atoms with Gasteiger partial charge in [0.15, 0.2) is 5.82 Å². The van der Waals surface area contributed by atoms with Gasteiger partial charge in [-0.3, -0.25) is 4.79 Å². The van der Waals surface area contributed by atoms with E-state index in [1.807, 2.05) is 6.07 Å². The summed E-state index contributed by atoms with van der Waals surface area (Å²) in [5, 5.41) is 3.34. The Bertz CT molecular complexity index is 543. The lowest BCUT2D eigenvalue weighted by atomic mass is 10.2. The van der Waals surface area contributed by atoms with Gasteiger partial charge in [-0.1, -0.05) is 41.4 Å². The van der Waals surface area contributed by atoms with Crippen LogP contribution in [0.5, 0.6) is 0 Å². The van der Waals surface area contributed by atoms with Crippen LogP contribution < -0.4 is 5.32 Å². The Hall–Kier alpha value is -1.58. The fourth-order valence-electron chi connectivity index (χ4n) is 1.28. The highest BCUT2D eigenvalue weighted by Gasteiger charge is 2.09. The first-order valence-electron chi connectivity index (χ1n) is 4.84. The van der Waals surface area contributed by atoms with E-state index in [1.165, 1.54) is 12.3 Å². The van der Waals surface area contributed by atoms with Gasteiger partial charge in [0.1, 0.15) is 0 Å². The number of anilines is 1. The minimum Gasteiger partial charge on any atom is -0.305 e. The molecule has 2 rings (SSSR count). The molecule has 2 aromatic rings. The second-order valence-electron chi connectivity index (χ2n) is 3.30. The Balaban J connectivity index is 2.19. The molecule has 86 valence electrons. The second kappa shape index (κ2) is 5.17. The number of amides is 1. The van der Waals surface area contributed by atoms with Gasteiger partial charge in [-0.2, -0.15) is 0 Å². The highest BCUT2D eigenvalue weighted by Crippen LogP contribution is 2.22. The number of carbonyl (C=O) groups is 1. The lowest BCUT2D eigenvalue weighted by molar-refractivity contribution is 0.102. The fraction of sp³-hybridized carbons (Fsp3) is 0. The average Bonchev–Trinajstić information content (AvgIpc) is 2.34. The maximum absolute atomic E-state index is 11.8. The van der Waals surface area contributed by atoms with Crippen molar-refractivity contribution in [2.45, 2.75) is 0 Å². The van der Waals surface area contributed by atoms with Gasteiger partial charge in [0.2, 0.25) is 0 Å². The number of nitrogens with one attached hydrogen (secondary N) is 1. The van der Waals surface area contributed by atoms with Gasteiger partial charge in [-0.25, -0.2) is 4.98 Å². The lowest BCUT2D eigenvalue weighted by Gasteiger charge is -2.06. The summed E-state index contributed by atoms with van der Waals surface area (Å²) in [6, 6.07) is 10.3. The Labute approximate surface area is 108 Å². The zero-order valence-electron chi connectivity index (χ0n) is 8.65. The van der Waals surface area contributed by atoms with Crippen molar-refractivity contribution in [2.24, 2.45) is 0 Å². The molecule has 0 radical (unpaired) electrons. The summed E-state index contributed by atoms with van der Waals surface area (Å²) >= 11 is 11.6. The van der Waals surface area contributed by atoms with E-state index in [1.54, 1.807) is 24.3 Å². The summed E-state index contributed by atoms with van der Waals surface area (Å²) in [6.45, 7) is 0. The zero-order chi connectivity index (χ0) is 12.3. The van der Waals surface area contributed by atoms with E-state index in [4.69, 9.17) is 23.2 Å². The molecule has 1 aromatic carbocycles. The van der Waals surface area contributed by atoms with Gasteiger partial charge in [0.05, 0.1) is 10.0 Å². The molecule has 0 spiro atoms. The van der Waals surface area contributed by atoms with Crippen molar-refractivity contribution >= 4 is 34.9 Å². The van der Waals surface area contributed by atoms with Crippen molar-refractivity contribution in [3.63, 3.8) is 0 Å². The summed E-state index contributed by atoms with van der Waals surface area (Å²) in [6.07, 6.45) is 1.42. The molecule has 0 fully saturated rings. The van der Waals surface area contributed by atoms with Crippen molar-refractivity contribution in [1.82, 2.24) is 4.98 Å². The van der Waals surface area contributed by atoms with E-state index in [-0.39, 0.29) is 5.91 Å². The van der Waals surface area contributed by atoms with Crippen molar-refractivity contribution in [3.05, 3.63) is 58.2 Å². The number of benzene rings is 1. The predicted octanol–water partition coefficient (Wildman–Crippen LogP) is 3.64. The van der Waals surface area contributed by atoms with Crippen LogP contribution in [0.2, 0.25) is 10.0 Å². The summed E-state index contributed by atoms with van der Waals surface area (Å²) in [7, 11) is 0. The predicted molar refractivity (Wildman–Crippen MR) is 68.7 cm³/mol. The van der Waals surface area contributed by atoms with Crippen LogP contribution in [0.15, 0.2) is 42.6 Å². The molecular weight excluding hydrogens is 259 g/mol. The number of carbonyl (C=O) groups excluding carboxylic acids is 1. The normalized spacial score (nSPS) is 10.0. The molecule has 0 atom stereocenters. The minimum absolute atomic E-state index is 0.262. The van der Waals surface area contributed by atoms with E-state index in [2.05, 4.69) is 10.3 Å². The van der Waals surface area contributed by atoms with Crippen molar-refractivity contribution in [3.8, 4) is 0 Å². The first kappa shape index (κ1) is 11.9. The van der Waals surface area contributed by atoms with Crippen molar-refractivity contribution < 1.29 is 4.79 Å². The van der Waals surface area contributed by atoms with E-state index in [0.717, 1.165) is 0 Å². The summed E-state index contributed by atoms with van der Waals surface area (Å²) < 4.78 is 0. The zero-order valence-corrected chi connectivity index (χ0v) is 10.2. The highest BCUT2D eigenvalue weighted by molar-refractivity contribution is 6.36. The first-order chi connectivity index (χ1) is 8.16. The van der Waals surface area contributed by atoms with E-state index in [0.29, 0.717) is 21.4 Å². The number of halogens is 2. The van der Waals surface area contributed by atoms with Crippen LogP contribution in [0, 0.1) is 0 Å². The van der Waals surface area contributed by atoms with Crippen LogP contribution in [-0.4, -0.2) is 10.9 Å². The fourth-order valence-corrected chi connectivity index (χ4v) is 1.70. The molecule has 0 bridgehead atoms. The molecule has 0 saturated carbocycles. The third-order valence-electron chi connectivity index (χ3n) is 2.08. The largest absolute Gasteiger partial charge is 0.305 e. The van der Waals surface area contributed by atoms with Crippen LogP contribution in [0.25, 0.3) is 0 Å². The van der Waals surface area contributed by atoms with Gasteiger partial charge in [0.25, 0.3) is 5.91 Å². The molecule has 1 heterocycles. The maximum atomic E-state index is 11.8. The molecule has 1 amide bonds. The molecule has 1 N–H and O–H groups in total. The second-order valence-corrected chi connectivity index (χ2v) is 4.15. The number of pyridine rings is 1. The van der Waals surface area contributed by atoms with Gasteiger partial charge < -0.3 is 5.32 Å². The summed E-state index contributed by atoms with van der Waals surface area (Å²) in [4.78, 5) is 15.8. The maximum Gasteiger partial charge on any atom is 0.256 e. The average molecular weight is 267 g/mol. The number of aromatic nitrogens is 1. The Kier molecular flexibility index (Phi) is 3.61.